The van der Waals surface area contributed by atoms with Gasteiger partial charge in [0.2, 0.25) is 0 Å². The third kappa shape index (κ3) is 9.69. The number of hydrogen-bond donors (Lipinski definition) is 0. The fourth-order valence-electron chi connectivity index (χ4n) is 6.02. The number of nitrogens with zero attached hydrogens (tertiary/aromatic N) is 8. The van der Waals surface area contributed by atoms with Crippen molar-refractivity contribution in [2.24, 2.45) is 0 Å². The number of carbonyl (C=O) groups excluding carboxylic acids is 4. The molecule has 5 rings (SSSR count). The molecule has 0 aliphatic carbocycles. The zero-order valence-corrected chi connectivity index (χ0v) is 38.2. The first kappa shape index (κ1) is 44.6. The summed E-state index contributed by atoms with van der Waals surface area (Å²) in [4.78, 5) is 65.4. The van der Waals surface area contributed by atoms with Crippen molar-refractivity contribution in [3.63, 3.8) is 0 Å². The predicted molar refractivity (Wildman–Crippen MR) is 244 cm³/mol. The van der Waals surface area contributed by atoms with E-state index in [1.54, 1.807) is 111 Å². The van der Waals surface area contributed by atoms with E-state index in [0.717, 1.165) is 0 Å². The molecule has 0 saturated carbocycles. The van der Waals surface area contributed by atoms with Crippen LogP contribution in [0.4, 0.5) is 73.5 Å². The van der Waals surface area contributed by atoms with Gasteiger partial charge in [0.1, 0.15) is 11.6 Å². The average Bonchev–Trinajstić information content (AvgIpc) is 3.23. The van der Waals surface area contributed by atoms with Crippen LogP contribution < -0.4 is 39.2 Å². The molecule has 0 atom stereocenters. The highest BCUT2D eigenvalue weighted by molar-refractivity contribution is 9.11. The van der Waals surface area contributed by atoms with E-state index in [4.69, 9.17) is 0 Å². The molecule has 8 amide bonds. The average molecular weight is 1000 g/mol. The number of rotatable bonds is 8. The molecule has 0 heterocycles. The lowest BCUT2D eigenvalue weighted by atomic mass is 10.2. The normalized spacial score (nSPS) is 10.7. The lowest BCUT2D eigenvalue weighted by Gasteiger charge is -2.29. The van der Waals surface area contributed by atoms with Gasteiger partial charge in [-0.3, -0.25) is 39.2 Å². The van der Waals surface area contributed by atoms with Crippen LogP contribution in [-0.2, 0) is 0 Å². The number of benzene rings is 5. The maximum absolute atomic E-state index is 13.7. The van der Waals surface area contributed by atoms with Crippen molar-refractivity contribution in [3.05, 3.63) is 128 Å². The van der Waals surface area contributed by atoms with E-state index in [-0.39, 0.29) is 24.1 Å². The zero-order chi connectivity index (χ0) is 43.5. The first-order chi connectivity index (χ1) is 27.8. The van der Waals surface area contributed by atoms with Crippen molar-refractivity contribution >= 4 is 117 Å². The van der Waals surface area contributed by atoms with Gasteiger partial charge in [0.05, 0.1) is 17.1 Å². The highest BCUT2D eigenvalue weighted by atomic mass is 79.9. The summed E-state index contributed by atoms with van der Waals surface area (Å²) in [6, 6.07) is 25.4. The number of amides is 8. The Morgan fingerprint density at radius 3 is 0.780 bits per heavy atom. The van der Waals surface area contributed by atoms with Crippen LogP contribution in [0.1, 0.15) is 0 Å². The highest BCUT2D eigenvalue weighted by Gasteiger charge is 2.26. The quantitative estimate of drug-likeness (QED) is 0.155. The molecule has 17 heteroatoms. The van der Waals surface area contributed by atoms with E-state index < -0.39 is 11.6 Å². The van der Waals surface area contributed by atoms with E-state index in [2.05, 4.69) is 47.8 Å². The van der Waals surface area contributed by atoms with Crippen LogP contribution in [0.15, 0.2) is 117 Å². The third-order valence-corrected chi connectivity index (χ3v) is 11.7. The van der Waals surface area contributed by atoms with Crippen LogP contribution in [0.2, 0.25) is 0 Å². The molecule has 0 radical (unpaired) electrons. The van der Waals surface area contributed by atoms with E-state index in [1.165, 1.54) is 87.7 Å². The van der Waals surface area contributed by atoms with Crippen molar-refractivity contribution in [3.8, 4) is 0 Å². The molecule has 59 heavy (non-hydrogen) atoms. The molecule has 0 aromatic heterocycles. The molecule has 0 unspecified atom stereocenters. The molecule has 0 saturated heterocycles. The van der Waals surface area contributed by atoms with E-state index in [1.807, 2.05) is 0 Å². The van der Waals surface area contributed by atoms with Crippen LogP contribution in [0.25, 0.3) is 0 Å². The minimum absolute atomic E-state index is 0.345. The second-order valence-corrected chi connectivity index (χ2v) is 16.0. The molecule has 5 aromatic carbocycles. The Morgan fingerprint density at radius 2 is 0.542 bits per heavy atom. The third-order valence-electron chi connectivity index (χ3n) is 9.76. The number of hydrogen-bond acceptors (Lipinski definition) is 4. The maximum Gasteiger partial charge on any atom is 0.328 e. The molecular weight excluding hydrogens is 958 g/mol. The molecule has 12 nitrogen and oxygen atoms in total. The molecular formula is C42H41Br3F2N8O4. The van der Waals surface area contributed by atoms with Crippen molar-refractivity contribution in [1.29, 1.82) is 0 Å². The second kappa shape index (κ2) is 18.6. The van der Waals surface area contributed by atoms with Crippen LogP contribution in [0.5, 0.6) is 0 Å². The van der Waals surface area contributed by atoms with Crippen molar-refractivity contribution in [1.82, 2.24) is 0 Å². The van der Waals surface area contributed by atoms with Crippen molar-refractivity contribution in [2.75, 3.05) is 95.6 Å². The second-order valence-electron chi connectivity index (χ2n) is 13.5. The summed E-state index contributed by atoms with van der Waals surface area (Å²) in [6.07, 6.45) is 0. The molecule has 308 valence electrons. The molecule has 0 aliphatic heterocycles. The summed E-state index contributed by atoms with van der Waals surface area (Å²) in [7, 11) is 13.0. The Kier molecular flexibility index (Phi) is 14.1. The van der Waals surface area contributed by atoms with Gasteiger partial charge < -0.3 is 0 Å². The van der Waals surface area contributed by atoms with Crippen LogP contribution in [0.3, 0.4) is 0 Å². The lowest BCUT2D eigenvalue weighted by molar-refractivity contribution is 0.252. The van der Waals surface area contributed by atoms with Gasteiger partial charge in [0.25, 0.3) is 0 Å². The maximum atomic E-state index is 13.7. The van der Waals surface area contributed by atoms with E-state index >= 15 is 0 Å². The first-order valence-electron chi connectivity index (χ1n) is 17.8. The lowest BCUT2D eigenvalue weighted by Crippen LogP contribution is -2.40. The first-order valence-corrected chi connectivity index (χ1v) is 20.2. The van der Waals surface area contributed by atoms with Gasteiger partial charge in [-0.25, -0.2) is 28.0 Å². The smallest absolute Gasteiger partial charge is 0.297 e. The summed E-state index contributed by atoms with van der Waals surface area (Å²) < 4.78 is 28.5. The fraction of sp³-hybridized carbons (Fsp3) is 0.190. The molecule has 0 fully saturated rings. The number of anilines is 8. The predicted octanol–water partition coefficient (Wildman–Crippen LogP) is 11.0. The number of carbonyl (C=O) groups is 4. The minimum Gasteiger partial charge on any atom is -0.297 e. The molecule has 0 aliphatic rings. The summed E-state index contributed by atoms with van der Waals surface area (Å²) in [6.45, 7) is 0. The number of halogens is 5. The SMILES string of the molecule is CN(C(=O)N(C)c1ccc(N(C)C(=O)N(C)c2ccc(N(C)C(=O)N(C)c3ccc(N(C)C(=O)N(C)c4ccc(F)cc4)c(Br)c3)c(Br)c2)c(Br)c1)c1ccc(F)cc1. The topological polar surface area (TPSA) is 94.2 Å². The van der Waals surface area contributed by atoms with Gasteiger partial charge in [-0.05, 0) is 151 Å². The van der Waals surface area contributed by atoms with Crippen LogP contribution in [-0.4, -0.2) is 80.5 Å². The molecule has 0 bridgehead atoms. The largest absolute Gasteiger partial charge is 0.328 e. The Morgan fingerprint density at radius 1 is 0.339 bits per heavy atom. The van der Waals surface area contributed by atoms with Crippen LogP contribution >= 0.6 is 47.8 Å². The van der Waals surface area contributed by atoms with Crippen LogP contribution in [0, 0.1) is 11.6 Å². The van der Waals surface area contributed by atoms with Gasteiger partial charge in [-0.15, -0.1) is 0 Å². The summed E-state index contributed by atoms with van der Waals surface area (Å²) in [5, 5.41) is 0. The minimum atomic E-state index is -0.399. The molecule has 0 N–H and O–H groups in total. The van der Waals surface area contributed by atoms with Gasteiger partial charge in [0, 0.05) is 98.2 Å². The monoisotopic (exact) mass is 996 g/mol. The van der Waals surface area contributed by atoms with E-state index in [9.17, 15) is 28.0 Å². The highest BCUT2D eigenvalue weighted by Crippen LogP contribution is 2.36. The molecule has 0 spiro atoms. The zero-order valence-electron chi connectivity index (χ0n) is 33.4. The Balaban J connectivity index is 1.24. The Hall–Kier alpha value is -5.52. The molecule has 5 aromatic rings. The number of urea groups is 4. The summed E-state index contributed by atoms with van der Waals surface area (Å²) >= 11 is 10.7. The summed E-state index contributed by atoms with van der Waals surface area (Å²) in [5.41, 5.74) is 4.39. The Labute approximate surface area is 367 Å². The Bertz CT molecular complexity index is 2390. The van der Waals surface area contributed by atoms with Gasteiger partial charge in [-0.1, -0.05) is 0 Å². The van der Waals surface area contributed by atoms with Gasteiger partial charge >= 0.3 is 24.1 Å². The van der Waals surface area contributed by atoms with Crippen molar-refractivity contribution < 1.29 is 28.0 Å². The standard InChI is InChI=1S/C42H41Br3F2N8O4/c1-48(28-13-9-26(46)10-14-28)39(56)50(3)30-17-20-37(33(43)23-30)54(7)41(58)52(5)32-19-22-38(35(45)25-32)55(8)42(59)51(4)31-18-21-36(34(44)24-31)53(6)40(57)49(2)29-15-11-27(47)12-16-29/h9-25H,1-8H3. The van der Waals surface area contributed by atoms with Gasteiger partial charge in [0.15, 0.2) is 0 Å². The van der Waals surface area contributed by atoms with E-state index in [0.29, 0.717) is 58.9 Å². The van der Waals surface area contributed by atoms with Gasteiger partial charge in [-0.2, -0.15) is 0 Å². The fourth-order valence-corrected chi connectivity index (χ4v) is 7.92. The van der Waals surface area contributed by atoms with Crippen molar-refractivity contribution in [2.45, 2.75) is 0 Å². The summed E-state index contributed by atoms with van der Waals surface area (Å²) in [5.74, 6) is -0.797.